The van der Waals surface area contributed by atoms with Gasteiger partial charge in [-0.3, -0.25) is 14.9 Å². The van der Waals surface area contributed by atoms with Gasteiger partial charge in [-0.05, 0) is 31.2 Å². The summed E-state index contributed by atoms with van der Waals surface area (Å²) in [5, 5.41) is 19.6. The number of fused-ring (bicyclic) bond motifs is 1. The van der Waals surface area contributed by atoms with Crippen molar-refractivity contribution in [3.05, 3.63) is 48.3 Å². The number of benzene rings is 2. The van der Waals surface area contributed by atoms with Crippen molar-refractivity contribution in [2.75, 3.05) is 91.2 Å². The number of hydrogen-bond acceptors (Lipinski definition) is 11. The summed E-state index contributed by atoms with van der Waals surface area (Å²) in [5.41, 5.74) is 4.69. The van der Waals surface area contributed by atoms with E-state index >= 15 is 0 Å². The van der Waals surface area contributed by atoms with Gasteiger partial charge in [0.15, 0.2) is 0 Å². The third kappa shape index (κ3) is 8.35. The normalized spacial score (nSPS) is 17.6. The molecule has 1 aromatic heterocycles. The van der Waals surface area contributed by atoms with Gasteiger partial charge in [-0.15, -0.1) is 0 Å². The summed E-state index contributed by atoms with van der Waals surface area (Å²) in [4.78, 5) is 17.0. The van der Waals surface area contributed by atoms with E-state index in [2.05, 4.69) is 51.0 Å². The van der Waals surface area contributed by atoms with Crippen molar-refractivity contribution >= 4 is 28.6 Å². The number of rotatable bonds is 15. The minimum Gasteiger partial charge on any atom is -0.497 e. The van der Waals surface area contributed by atoms with Gasteiger partial charge in [-0.25, -0.2) is 4.98 Å². The number of nitrogens with zero attached hydrogens (tertiary/aromatic N) is 7. The first-order chi connectivity index (χ1) is 21.4. The highest BCUT2D eigenvalue weighted by Gasteiger charge is 2.22. The molecule has 0 spiro atoms. The Labute approximate surface area is 261 Å². The monoisotopic (exact) mass is 604 g/mol. The summed E-state index contributed by atoms with van der Waals surface area (Å²) in [5.74, 6) is 1.61. The summed E-state index contributed by atoms with van der Waals surface area (Å²) in [6.45, 7) is 13.9. The van der Waals surface area contributed by atoms with Gasteiger partial charge in [-0.2, -0.15) is 5.10 Å². The molecular formula is C33H48N8O3. The standard InChI is InChI=1S/C33H48N8O3/c1-25(2)34-8-11-41(28-18-29(43-3)21-30(19-28)44-4)27-6-7-31-32(20-27)37-33(23-35-31)26-22-36-40(24-26)10-5-9-38-12-14-39(15-13-38)16-17-42/h6-7,18-23,25-26,34,42H,5,8-17,24H2,1-4H3. The van der Waals surface area contributed by atoms with Crippen molar-refractivity contribution in [3.8, 4) is 11.5 Å². The Balaban J connectivity index is 1.25. The molecule has 0 bridgehead atoms. The van der Waals surface area contributed by atoms with E-state index in [1.165, 1.54) is 0 Å². The van der Waals surface area contributed by atoms with E-state index < -0.39 is 0 Å². The molecule has 1 saturated heterocycles. The number of hydrazone groups is 1. The topological polar surface area (TPSA) is 102 Å². The molecule has 238 valence electrons. The van der Waals surface area contributed by atoms with Crippen molar-refractivity contribution in [1.82, 2.24) is 30.1 Å². The molecule has 1 fully saturated rings. The summed E-state index contributed by atoms with van der Waals surface area (Å²) >= 11 is 0. The van der Waals surface area contributed by atoms with E-state index in [1.807, 2.05) is 36.7 Å². The minimum absolute atomic E-state index is 0.117. The lowest BCUT2D eigenvalue weighted by Gasteiger charge is -2.34. The van der Waals surface area contributed by atoms with Crippen LogP contribution in [-0.4, -0.2) is 128 Å². The molecule has 2 aromatic carbocycles. The Morgan fingerprint density at radius 1 is 0.932 bits per heavy atom. The zero-order chi connectivity index (χ0) is 30.9. The van der Waals surface area contributed by atoms with Gasteiger partial charge in [-0.1, -0.05) is 13.8 Å². The van der Waals surface area contributed by atoms with Crippen LogP contribution in [-0.2, 0) is 0 Å². The first-order valence-corrected chi connectivity index (χ1v) is 15.8. The highest BCUT2D eigenvalue weighted by Crippen LogP contribution is 2.34. The second kappa shape index (κ2) is 15.5. The maximum Gasteiger partial charge on any atom is 0.124 e. The van der Waals surface area contributed by atoms with Gasteiger partial charge in [0.25, 0.3) is 0 Å². The van der Waals surface area contributed by atoms with Crippen LogP contribution in [0, 0.1) is 0 Å². The molecule has 3 heterocycles. The Hall–Kier alpha value is -3.51. The van der Waals surface area contributed by atoms with Crippen LogP contribution in [0.1, 0.15) is 31.9 Å². The van der Waals surface area contributed by atoms with Gasteiger partial charge >= 0.3 is 0 Å². The van der Waals surface area contributed by atoms with Crippen molar-refractivity contribution in [3.63, 3.8) is 0 Å². The Kier molecular flexibility index (Phi) is 11.2. The number of methoxy groups -OCH3 is 2. The fourth-order valence-electron chi connectivity index (χ4n) is 5.85. The maximum atomic E-state index is 9.16. The molecule has 0 radical (unpaired) electrons. The number of ether oxygens (including phenoxy) is 2. The van der Waals surface area contributed by atoms with E-state index in [0.29, 0.717) is 6.04 Å². The predicted molar refractivity (Wildman–Crippen MR) is 177 cm³/mol. The zero-order valence-corrected chi connectivity index (χ0v) is 26.7. The molecular weight excluding hydrogens is 556 g/mol. The van der Waals surface area contributed by atoms with Crippen LogP contribution in [0.2, 0.25) is 0 Å². The fourth-order valence-corrected chi connectivity index (χ4v) is 5.85. The molecule has 2 aliphatic heterocycles. The SMILES string of the molecule is COc1cc(OC)cc(N(CCNC(C)C)c2ccc3ncc(C4C=NN(CCCN5CCN(CCO)CC5)C4)nc3c2)c1. The predicted octanol–water partition coefficient (Wildman–Crippen LogP) is 3.17. The Morgan fingerprint density at radius 2 is 1.66 bits per heavy atom. The molecule has 2 aliphatic rings. The average Bonchev–Trinajstić information content (AvgIpc) is 3.52. The highest BCUT2D eigenvalue weighted by atomic mass is 16.5. The molecule has 11 nitrogen and oxygen atoms in total. The molecule has 11 heteroatoms. The minimum atomic E-state index is 0.117. The number of anilines is 2. The van der Waals surface area contributed by atoms with Gasteiger partial charge in [0.2, 0.25) is 0 Å². The first-order valence-electron chi connectivity index (χ1n) is 15.8. The number of piperazine rings is 1. The summed E-state index contributed by atoms with van der Waals surface area (Å²) < 4.78 is 11.1. The lowest BCUT2D eigenvalue weighted by Crippen LogP contribution is -2.47. The van der Waals surface area contributed by atoms with Crippen LogP contribution in [0.3, 0.4) is 0 Å². The molecule has 5 rings (SSSR count). The quantitative estimate of drug-likeness (QED) is 0.269. The molecule has 0 saturated carbocycles. The third-order valence-corrected chi connectivity index (χ3v) is 8.36. The van der Waals surface area contributed by atoms with E-state index in [0.717, 1.165) is 111 Å². The van der Waals surface area contributed by atoms with Gasteiger partial charge < -0.3 is 29.7 Å². The van der Waals surface area contributed by atoms with Crippen molar-refractivity contribution in [1.29, 1.82) is 0 Å². The third-order valence-electron chi connectivity index (χ3n) is 8.36. The fraction of sp³-hybridized carbons (Fsp3) is 0.545. The maximum absolute atomic E-state index is 9.16. The zero-order valence-electron chi connectivity index (χ0n) is 26.7. The number of aromatic nitrogens is 2. The molecule has 0 aliphatic carbocycles. The van der Waals surface area contributed by atoms with Crippen LogP contribution in [0.5, 0.6) is 11.5 Å². The Bertz CT molecular complexity index is 1360. The molecule has 1 unspecified atom stereocenters. The largest absolute Gasteiger partial charge is 0.497 e. The van der Waals surface area contributed by atoms with Gasteiger partial charge in [0.05, 0.1) is 43.5 Å². The molecule has 2 N–H and O–H groups in total. The van der Waals surface area contributed by atoms with Crippen molar-refractivity contribution in [2.45, 2.75) is 32.2 Å². The van der Waals surface area contributed by atoms with Crippen LogP contribution in [0.15, 0.2) is 47.7 Å². The second-order valence-electron chi connectivity index (χ2n) is 11.8. The van der Waals surface area contributed by atoms with Crippen molar-refractivity contribution < 1.29 is 14.6 Å². The van der Waals surface area contributed by atoms with Crippen LogP contribution < -0.4 is 19.7 Å². The van der Waals surface area contributed by atoms with E-state index in [-0.39, 0.29) is 12.5 Å². The number of aliphatic hydroxyl groups excluding tert-OH is 1. The van der Waals surface area contributed by atoms with E-state index in [4.69, 9.17) is 29.6 Å². The highest BCUT2D eigenvalue weighted by molar-refractivity contribution is 5.82. The first kappa shape index (κ1) is 31.9. The van der Waals surface area contributed by atoms with E-state index in [1.54, 1.807) is 14.2 Å². The van der Waals surface area contributed by atoms with Crippen molar-refractivity contribution in [2.24, 2.45) is 5.10 Å². The van der Waals surface area contributed by atoms with Gasteiger partial charge in [0.1, 0.15) is 11.5 Å². The van der Waals surface area contributed by atoms with Crippen LogP contribution in [0.4, 0.5) is 11.4 Å². The number of aliphatic hydroxyl groups is 1. The number of nitrogens with one attached hydrogen (secondary N) is 1. The Morgan fingerprint density at radius 3 is 2.34 bits per heavy atom. The number of hydrogen-bond donors (Lipinski definition) is 2. The number of β-amino-alcohol motifs (C(OH)–C–C–N with tert-alkyl or cyclic N) is 1. The van der Waals surface area contributed by atoms with Crippen LogP contribution >= 0.6 is 0 Å². The van der Waals surface area contributed by atoms with Crippen LogP contribution in [0.25, 0.3) is 11.0 Å². The summed E-state index contributed by atoms with van der Waals surface area (Å²) in [6, 6.07) is 12.6. The lowest BCUT2D eigenvalue weighted by molar-refractivity contribution is 0.109. The van der Waals surface area contributed by atoms with Gasteiger partial charge in [0, 0.05) is 107 Å². The lowest BCUT2D eigenvalue weighted by atomic mass is 10.1. The molecule has 1 atom stereocenters. The molecule has 44 heavy (non-hydrogen) atoms. The molecule has 0 amide bonds. The van der Waals surface area contributed by atoms with E-state index in [9.17, 15) is 0 Å². The summed E-state index contributed by atoms with van der Waals surface area (Å²) in [6.07, 6.45) is 4.98. The summed E-state index contributed by atoms with van der Waals surface area (Å²) in [7, 11) is 3.35. The second-order valence-corrected chi connectivity index (χ2v) is 11.8. The molecule has 3 aromatic rings. The average molecular weight is 605 g/mol. The smallest absolute Gasteiger partial charge is 0.124 e.